The number of nitrogens with zero attached hydrogens (tertiary/aromatic N) is 2. The minimum absolute atomic E-state index is 0.0600. The average Bonchev–Trinajstić information content (AvgIpc) is 3.00. The molecule has 0 N–H and O–H groups in total. The average molecular weight is 352 g/mol. The lowest BCUT2D eigenvalue weighted by Crippen LogP contribution is -2.39. The largest absolute Gasteiger partial charge is 0.456 e. The summed E-state index contributed by atoms with van der Waals surface area (Å²) in [6.07, 6.45) is 1.35. The van der Waals surface area contributed by atoms with Gasteiger partial charge in [0.05, 0.1) is 19.6 Å². The Kier molecular flexibility index (Phi) is 7.01. The molecule has 1 saturated heterocycles. The third-order valence-electron chi connectivity index (χ3n) is 4.29. The van der Waals surface area contributed by atoms with Gasteiger partial charge >= 0.3 is 0 Å². The maximum Gasteiger partial charge on any atom is 0.289 e. The molecule has 7 heteroatoms. The van der Waals surface area contributed by atoms with E-state index in [4.69, 9.17) is 13.9 Å². The minimum Gasteiger partial charge on any atom is -0.456 e. The first-order valence-corrected chi connectivity index (χ1v) is 8.74. The first-order valence-electron chi connectivity index (χ1n) is 8.74. The van der Waals surface area contributed by atoms with Crippen molar-refractivity contribution < 1.29 is 23.5 Å². The number of carbonyl (C=O) groups excluding carboxylic acids is 2. The van der Waals surface area contributed by atoms with Gasteiger partial charge in [-0.1, -0.05) is 6.92 Å². The zero-order valence-electron chi connectivity index (χ0n) is 15.5. The van der Waals surface area contributed by atoms with Crippen LogP contribution < -0.4 is 0 Å². The highest BCUT2D eigenvalue weighted by Gasteiger charge is 2.22. The second kappa shape index (κ2) is 9.01. The van der Waals surface area contributed by atoms with Crippen LogP contribution in [0, 0.1) is 6.92 Å². The number of aryl methyl sites for hydroxylation is 2. The van der Waals surface area contributed by atoms with Crippen molar-refractivity contribution in [1.82, 2.24) is 9.80 Å². The van der Waals surface area contributed by atoms with Crippen LogP contribution in [0.5, 0.6) is 0 Å². The summed E-state index contributed by atoms with van der Waals surface area (Å²) in [5.41, 5.74) is 0.838. The molecular formula is C18H28N2O5. The van der Waals surface area contributed by atoms with E-state index in [-0.39, 0.29) is 18.2 Å². The maximum atomic E-state index is 12.5. The van der Waals surface area contributed by atoms with E-state index >= 15 is 0 Å². The monoisotopic (exact) mass is 352 g/mol. The number of furan rings is 1. The Labute approximate surface area is 148 Å². The van der Waals surface area contributed by atoms with E-state index in [1.807, 2.05) is 19.9 Å². The van der Waals surface area contributed by atoms with Crippen LogP contribution in [0.15, 0.2) is 10.5 Å². The lowest BCUT2D eigenvalue weighted by molar-refractivity contribution is -0.186. The molecule has 0 bridgehead atoms. The van der Waals surface area contributed by atoms with Gasteiger partial charge in [0.15, 0.2) is 12.1 Å². The molecule has 0 aromatic carbocycles. The standard InChI is InChI=1S/C18H28N2O5/c1-5-14-11-13(2)17(25-14)18(22)20(4)8-7-19(3)15(21)12-16-23-9-6-10-24-16/h11,16H,5-10,12H2,1-4H3. The smallest absolute Gasteiger partial charge is 0.289 e. The van der Waals surface area contributed by atoms with Gasteiger partial charge in [0, 0.05) is 39.2 Å². The fourth-order valence-electron chi connectivity index (χ4n) is 2.59. The highest BCUT2D eigenvalue weighted by molar-refractivity contribution is 5.92. The van der Waals surface area contributed by atoms with Gasteiger partial charge in [-0.05, 0) is 19.4 Å². The Morgan fingerprint density at radius 3 is 2.40 bits per heavy atom. The van der Waals surface area contributed by atoms with Gasteiger partial charge in [-0.3, -0.25) is 9.59 Å². The highest BCUT2D eigenvalue weighted by Crippen LogP contribution is 2.17. The highest BCUT2D eigenvalue weighted by atomic mass is 16.7. The quantitative estimate of drug-likeness (QED) is 0.749. The molecule has 0 atom stereocenters. The molecule has 0 radical (unpaired) electrons. The van der Waals surface area contributed by atoms with E-state index in [1.165, 1.54) is 0 Å². The summed E-state index contributed by atoms with van der Waals surface area (Å²) in [6.45, 7) is 5.96. The number of hydrogen-bond acceptors (Lipinski definition) is 5. The lowest BCUT2D eigenvalue weighted by Gasteiger charge is -2.26. The molecule has 0 spiro atoms. The van der Waals surface area contributed by atoms with Crippen molar-refractivity contribution in [2.75, 3.05) is 40.4 Å². The SMILES string of the molecule is CCc1cc(C)c(C(=O)N(C)CCN(C)C(=O)CC2OCCCO2)o1. The summed E-state index contributed by atoms with van der Waals surface area (Å²) in [5.74, 6) is 0.943. The van der Waals surface area contributed by atoms with Crippen LogP contribution in [-0.4, -0.2) is 68.3 Å². The van der Waals surface area contributed by atoms with Crippen LogP contribution in [0.1, 0.15) is 41.6 Å². The number of carbonyl (C=O) groups is 2. The first-order chi connectivity index (χ1) is 11.9. The lowest BCUT2D eigenvalue weighted by atomic mass is 10.2. The number of amides is 2. The van der Waals surface area contributed by atoms with Gasteiger partial charge in [-0.15, -0.1) is 0 Å². The van der Waals surface area contributed by atoms with Crippen LogP contribution in [0.2, 0.25) is 0 Å². The van der Waals surface area contributed by atoms with Gasteiger partial charge in [0.2, 0.25) is 5.91 Å². The van der Waals surface area contributed by atoms with Crippen molar-refractivity contribution in [2.24, 2.45) is 0 Å². The normalized spacial score (nSPS) is 15.2. The Bertz CT molecular complexity index is 592. The van der Waals surface area contributed by atoms with E-state index in [1.54, 1.807) is 23.9 Å². The van der Waals surface area contributed by atoms with E-state index in [2.05, 4.69) is 0 Å². The van der Waals surface area contributed by atoms with Gasteiger partial charge < -0.3 is 23.7 Å². The Hall–Kier alpha value is -1.86. The second-order valence-corrected chi connectivity index (χ2v) is 6.35. The first kappa shape index (κ1) is 19.5. The van der Waals surface area contributed by atoms with Crippen LogP contribution in [0.4, 0.5) is 0 Å². The molecule has 1 aromatic heterocycles. The van der Waals surface area contributed by atoms with Crippen molar-refractivity contribution in [3.05, 3.63) is 23.2 Å². The maximum absolute atomic E-state index is 12.5. The molecule has 1 aliphatic rings. The summed E-state index contributed by atoms with van der Waals surface area (Å²) in [7, 11) is 3.43. The third-order valence-corrected chi connectivity index (χ3v) is 4.29. The molecule has 7 nitrogen and oxygen atoms in total. The van der Waals surface area contributed by atoms with Gasteiger partial charge in [0.25, 0.3) is 5.91 Å². The number of hydrogen-bond donors (Lipinski definition) is 0. The van der Waals surface area contributed by atoms with E-state index in [0.29, 0.717) is 32.1 Å². The Balaban J connectivity index is 1.81. The predicted molar refractivity (Wildman–Crippen MR) is 92.3 cm³/mol. The molecule has 2 amide bonds. The topological polar surface area (TPSA) is 72.2 Å². The molecule has 1 fully saturated rings. The van der Waals surface area contributed by atoms with Crippen molar-refractivity contribution in [3.63, 3.8) is 0 Å². The summed E-state index contributed by atoms with van der Waals surface area (Å²) in [5, 5.41) is 0. The number of rotatable bonds is 7. The molecule has 1 aliphatic heterocycles. The Morgan fingerprint density at radius 1 is 1.16 bits per heavy atom. The molecule has 140 valence electrons. The summed E-state index contributed by atoms with van der Waals surface area (Å²) >= 11 is 0. The van der Waals surface area contributed by atoms with Crippen molar-refractivity contribution in [1.29, 1.82) is 0 Å². The van der Waals surface area contributed by atoms with Crippen molar-refractivity contribution >= 4 is 11.8 Å². The summed E-state index contributed by atoms with van der Waals surface area (Å²) in [6, 6.07) is 1.89. The fourth-order valence-corrected chi connectivity index (χ4v) is 2.59. The molecule has 1 aromatic rings. The van der Waals surface area contributed by atoms with Crippen molar-refractivity contribution in [2.45, 2.75) is 39.4 Å². The molecule has 0 unspecified atom stereocenters. The molecule has 25 heavy (non-hydrogen) atoms. The van der Waals surface area contributed by atoms with E-state index in [9.17, 15) is 9.59 Å². The van der Waals surface area contributed by atoms with Crippen LogP contribution in [-0.2, 0) is 20.7 Å². The number of likely N-dealkylation sites (N-methyl/N-ethyl adjacent to an activating group) is 2. The van der Waals surface area contributed by atoms with Crippen LogP contribution in [0.3, 0.4) is 0 Å². The van der Waals surface area contributed by atoms with Crippen LogP contribution >= 0.6 is 0 Å². The van der Waals surface area contributed by atoms with E-state index in [0.717, 1.165) is 24.2 Å². The van der Waals surface area contributed by atoms with Crippen molar-refractivity contribution in [3.8, 4) is 0 Å². The summed E-state index contributed by atoms with van der Waals surface area (Å²) in [4.78, 5) is 27.9. The molecule has 2 heterocycles. The fraction of sp³-hybridized carbons (Fsp3) is 0.667. The Morgan fingerprint density at radius 2 is 1.80 bits per heavy atom. The van der Waals surface area contributed by atoms with Crippen LogP contribution in [0.25, 0.3) is 0 Å². The molecule has 0 aliphatic carbocycles. The molecular weight excluding hydrogens is 324 g/mol. The zero-order valence-corrected chi connectivity index (χ0v) is 15.5. The minimum atomic E-state index is -0.457. The second-order valence-electron chi connectivity index (χ2n) is 6.35. The molecule has 2 rings (SSSR count). The predicted octanol–water partition coefficient (Wildman–Crippen LogP) is 1.83. The van der Waals surface area contributed by atoms with E-state index < -0.39 is 6.29 Å². The summed E-state index contributed by atoms with van der Waals surface area (Å²) < 4.78 is 16.4. The third kappa shape index (κ3) is 5.31. The molecule has 0 saturated carbocycles. The number of ether oxygens (including phenoxy) is 2. The van der Waals surface area contributed by atoms with Gasteiger partial charge in [-0.2, -0.15) is 0 Å². The van der Waals surface area contributed by atoms with Gasteiger partial charge in [-0.25, -0.2) is 0 Å². The zero-order chi connectivity index (χ0) is 18.4. The van der Waals surface area contributed by atoms with Gasteiger partial charge in [0.1, 0.15) is 5.76 Å².